The van der Waals surface area contributed by atoms with E-state index in [4.69, 9.17) is 4.74 Å². The number of piperazine rings is 2. The summed E-state index contributed by atoms with van der Waals surface area (Å²) in [5.74, 6) is 0.627. The van der Waals surface area contributed by atoms with Crippen molar-refractivity contribution in [2.24, 2.45) is 0 Å². The maximum Gasteiger partial charge on any atom is 0.243 e. The quantitative estimate of drug-likeness (QED) is 0.433. The summed E-state index contributed by atoms with van der Waals surface area (Å²) in [6.45, 7) is 5.25. The molecule has 0 spiro atoms. The van der Waals surface area contributed by atoms with Gasteiger partial charge in [0, 0.05) is 51.5 Å². The van der Waals surface area contributed by atoms with Gasteiger partial charge in [-0.2, -0.15) is 0 Å². The van der Waals surface area contributed by atoms with Crippen LogP contribution < -0.4 is 15.4 Å². The lowest BCUT2D eigenvalue weighted by Gasteiger charge is -2.38. The van der Waals surface area contributed by atoms with Crippen molar-refractivity contribution in [2.75, 3.05) is 51.1 Å². The van der Waals surface area contributed by atoms with Crippen LogP contribution in [0.1, 0.15) is 12.0 Å². The highest BCUT2D eigenvalue weighted by Gasteiger charge is 2.35. The standard InChI is InChI=1S/C31H35N5O4/c37-29(33-25-11-13-27(14-12-25)40-26-9-5-2-6-10-26)21-28-31(39)32-15-16-36(28)30(38)23-35-19-17-34(18-20-35)22-24-7-3-1-4-8-24/h1-14,28H,15-23H2,(H,32,39)(H,33,37)/t28-/m0/s1. The maximum absolute atomic E-state index is 13.3. The van der Waals surface area contributed by atoms with Crippen molar-refractivity contribution in [3.05, 3.63) is 90.5 Å². The van der Waals surface area contributed by atoms with Gasteiger partial charge in [0.1, 0.15) is 17.5 Å². The van der Waals surface area contributed by atoms with Crippen LogP contribution in [-0.2, 0) is 20.9 Å². The zero-order valence-electron chi connectivity index (χ0n) is 22.5. The molecule has 2 N–H and O–H groups in total. The number of amides is 3. The molecule has 3 aromatic carbocycles. The first-order valence-electron chi connectivity index (χ1n) is 13.7. The zero-order chi connectivity index (χ0) is 27.7. The molecule has 3 aromatic rings. The van der Waals surface area contributed by atoms with Crippen molar-refractivity contribution in [2.45, 2.75) is 19.0 Å². The number of carbonyl (C=O) groups is 3. The molecule has 0 saturated carbocycles. The molecule has 0 bridgehead atoms. The molecular weight excluding hydrogens is 506 g/mol. The van der Waals surface area contributed by atoms with E-state index in [0.717, 1.165) is 38.5 Å². The Morgan fingerprint density at radius 2 is 1.43 bits per heavy atom. The fourth-order valence-corrected chi connectivity index (χ4v) is 5.06. The van der Waals surface area contributed by atoms with Crippen molar-refractivity contribution in [1.29, 1.82) is 0 Å². The van der Waals surface area contributed by atoms with Crippen LogP contribution in [0.5, 0.6) is 11.5 Å². The molecular formula is C31H35N5O4. The highest BCUT2D eigenvalue weighted by molar-refractivity contribution is 5.97. The summed E-state index contributed by atoms with van der Waals surface area (Å²) < 4.78 is 5.79. The summed E-state index contributed by atoms with van der Waals surface area (Å²) >= 11 is 0. The van der Waals surface area contributed by atoms with Gasteiger partial charge in [-0.3, -0.25) is 24.2 Å². The average molecular weight is 542 g/mol. The Kier molecular flexibility index (Phi) is 9.05. The number of hydrogen-bond acceptors (Lipinski definition) is 6. The van der Waals surface area contributed by atoms with Crippen molar-refractivity contribution < 1.29 is 19.1 Å². The van der Waals surface area contributed by atoms with E-state index in [0.29, 0.717) is 24.5 Å². The van der Waals surface area contributed by atoms with Crippen molar-refractivity contribution in [1.82, 2.24) is 20.0 Å². The minimum Gasteiger partial charge on any atom is -0.457 e. The fourth-order valence-electron chi connectivity index (χ4n) is 5.06. The smallest absolute Gasteiger partial charge is 0.243 e. The Labute approximate surface area is 234 Å². The summed E-state index contributed by atoms with van der Waals surface area (Å²) in [5.41, 5.74) is 1.87. The van der Waals surface area contributed by atoms with Crippen LogP contribution in [0, 0.1) is 0 Å². The van der Waals surface area contributed by atoms with Crippen molar-refractivity contribution >= 4 is 23.4 Å². The number of nitrogens with zero attached hydrogens (tertiary/aromatic N) is 3. The molecule has 9 heteroatoms. The first-order valence-corrected chi connectivity index (χ1v) is 13.7. The van der Waals surface area contributed by atoms with Crippen LogP contribution in [0.25, 0.3) is 0 Å². The first-order chi connectivity index (χ1) is 19.5. The maximum atomic E-state index is 13.3. The Morgan fingerprint density at radius 1 is 0.800 bits per heavy atom. The van der Waals surface area contributed by atoms with Crippen molar-refractivity contribution in [3.8, 4) is 11.5 Å². The summed E-state index contributed by atoms with van der Waals surface area (Å²) in [7, 11) is 0. The van der Waals surface area contributed by atoms with E-state index in [-0.39, 0.29) is 30.7 Å². The monoisotopic (exact) mass is 541 g/mol. The molecule has 2 aliphatic heterocycles. The Hall–Kier alpha value is -4.21. The van der Waals surface area contributed by atoms with E-state index in [1.165, 1.54) is 5.56 Å². The van der Waals surface area contributed by atoms with E-state index in [9.17, 15) is 14.4 Å². The number of hydrogen-bond donors (Lipinski definition) is 2. The minimum atomic E-state index is -0.832. The van der Waals surface area contributed by atoms with Gasteiger partial charge in [-0.15, -0.1) is 0 Å². The average Bonchev–Trinajstić information content (AvgIpc) is 2.97. The van der Waals surface area contributed by atoms with Gasteiger partial charge in [0.05, 0.1) is 13.0 Å². The lowest BCUT2D eigenvalue weighted by atomic mass is 10.1. The highest BCUT2D eigenvalue weighted by atomic mass is 16.5. The third-order valence-corrected chi connectivity index (χ3v) is 7.22. The predicted octanol–water partition coefficient (Wildman–Crippen LogP) is 2.95. The van der Waals surface area contributed by atoms with E-state index >= 15 is 0 Å². The topological polar surface area (TPSA) is 94.2 Å². The van der Waals surface area contributed by atoms with Gasteiger partial charge in [-0.25, -0.2) is 0 Å². The van der Waals surface area contributed by atoms with E-state index in [1.807, 2.05) is 48.5 Å². The van der Waals surface area contributed by atoms with Crippen LogP contribution >= 0.6 is 0 Å². The molecule has 2 heterocycles. The largest absolute Gasteiger partial charge is 0.457 e. The summed E-state index contributed by atoms with van der Waals surface area (Å²) in [4.78, 5) is 44.9. The Balaban J connectivity index is 1.11. The van der Waals surface area contributed by atoms with Gasteiger partial charge in [0.25, 0.3) is 0 Å². The van der Waals surface area contributed by atoms with Gasteiger partial charge >= 0.3 is 0 Å². The Morgan fingerprint density at radius 3 is 2.12 bits per heavy atom. The van der Waals surface area contributed by atoms with Crippen LogP contribution in [-0.4, -0.2) is 84.3 Å². The molecule has 40 heavy (non-hydrogen) atoms. The second-order valence-electron chi connectivity index (χ2n) is 10.1. The van der Waals surface area contributed by atoms with Crippen LogP contribution in [0.4, 0.5) is 5.69 Å². The molecule has 0 aromatic heterocycles. The zero-order valence-corrected chi connectivity index (χ0v) is 22.5. The molecule has 208 valence electrons. The Bertz CT molecular complexity index is 1280. The second kappa shape index (κ2) is 13.2. The third-order valence-electron chi connectivity index (χ3n) is 7.22. The normalized spacial score (nSPS) is 18.1. The van der Waals surface area contributed by atoms with Crippen LogP contribution in [0.2, 0.25) is 0 Å². The van der Waals surface area contributed by atoms with E-state index in [1.54, 1.807) is 29.2 Å². The third kappa shape index (κ3) is 7.46. The molecule has 0 radical (unpaired) electrons. The van der Waals surface area contributed by atoms with Gasteiger partial charge in [0.15, 0.2) is 0 Å². The highest BCUT2D eigenvalue weighted by Crippen LogP contribution is 2.23. The summed E-state index contributed by atoms with van der Waals surface area (Å²) in [6.07, 6.45) is -0.106. The molecule has 3 amide bonds. The van der Waals surface area contributed by atoms with E-state index < -0.39 is 6.04 Å². The lowest BCUT2D eigenvalue weighted by molar-refractivity contribution is -0.145. The van der Waals surface area contributed by atoms with Gasteiger partial charge in [-0.05, 0) is 42.0 Å². The molecule has 2 fully saturated rings. The predicted molar refractivity (Wildman–Crippen MR) is 153 cm³/mol. The van der Waals surface area contributed by atoms with Crippen molar-refractivity contribution in [3.63, 3.8) is 0 Å². The number of rotatable bonds is 9. The molecule has 5 rings (SSSR count). The minimum absolute atomic E-state index is 0.106. The van der Waals surface area contributed by atoms with Gasteiger partial charge in [-0.1, -0.05) is 48.5 Å². The van der Waals surface area contributed by atoms with E-state index in [2.05, 4.69) is 32.6 Å². The number of para-hydroxylation sites is 1. The number of benzene rings is 3. The molecule has 0 aliphatic carbocycles. The number of carbonyl (C=O) groups excluding carboxylic acids is 3. The van der Waals surface area contributed by atoms with Gasteiger partial charge in [0.2, 0.25) is 17.7 Å². The fraction of sp³-hybridized carbons (Fsp3) is 0.323. The molecule has 1 atom stereocenters. The number of anilines is 1. The lowest BCUT2D eigenvalue weighted by Crippen LogP contribution is -2.60. The summed E-state index contributed by atoms with van der Waals surface area (Å²) in [5, 5.41) is 5.64. The molecule has 0 unspecified atom stereocenters. The van der Waals surface area contributed by atoms with Gasteiger partial charge < -0.3 is 20.3 Å². The first kappa shape index (κ1) is 27.4. The molecule has 2 aliphatic rings. The molecule has 9 nitrogen and oxygen atoms in total. The van der Waals surface area contributed by atoms with Crippen LogP contribution in [0.3, 0.4) is 0 Å². The van der Waals surface area contributed by atoms with Crippen LogP contribution in [0.15, 0.2) is 84.9 Å². The SMILES string of the molecule is O=C(C[C@H]1C(=O)NCCN1C(=O)CN1CCN(Cc2ccccc2)CC1)Nc1ccc(Oc2ccccc2)cc1. The molecule has 2 saturated heterocycles. The number of nitrogens with one attached hydrogen (secondary N) is 2. The number of ether oxygens (including phenoxy) is 1. The summed E-state index contributed by atoms with van der Waals surface area (Å²) in [6, 6.07) is 26.0. The second-order valence-corrected chi connectivity index (χ2v) is 10.1.